The summed E-state index contributed by atoms with van der Waals surface area (Å²) in [4.78, 5) is 0. The summed E-state index contributed by atoms with van der Waals surface area (Å²) in [6, 6.07) is 3.44. The second-order valence-electron chi connectivity index (χ2n) is 3.32. The number of halogens is 2. The molecule has 4 nitrogen and oxygen atoms in total. The van der Waals surface area contributed by atoms with Crippen LogP contribution in [0.4, 0.5) is 5.69 Å². The van der Waals surface area contributed by atoms with Crippen molar-refractivity contribution in [1.82, 2.24) is 10.2 Å². The number of aliphatic hydroxyl groups is 1. The van der Waals surface area contributed by atoms with Gasteiger partial charge in [0, 0.05) is 12.6 Å². The van der Waals surface area contributed by atoms with Crippen molar-refractivity contribution < 1.29 is 5.11 Å². The van der Waals surface area contributed by atoms with E-state index in [1.807, 2.05) is 16.8 Å². The highest BCUT2D eigenvalue weighted by Gasteiger charge is 2.09. The summed E-state index contributed by atoms with van der Waals surface area (Å²) in [6.07, 6.45) is -0.593. The number of anilines is 1. The predicted molar refractivity (Wildman–Crippen MR) is 69.8 cm³/mol. The zero-order valence-corrected chi connectivity index (χ0v) is 10.9. The van der Waals surface area contributed by atoms with Crippen LogP contribution in [-0.2, 0) is 0 Å². The first-order valence-corrected chi connectivity index (χ1v) is 6.49. The van der Waals surface area contributed by atoms with E-state index in [0.29, 0.717) is 12.2 Å². The Labute approximate surface area is 112 Å². The van der Waals surface area contributed by atoms with Gasteiger partial charge in [-0.05, 0) is 22.4 Å². The molecule has 0 aliphatic carbocycles. The maximum atomic E-state index is 9.86. The largest absolute Gasteiger partial charge is 0.387 e. The summed E-state index contributed by atoms with van der Waals surface area (Å²) in [5.74, 6) is 0. The average Bonchev–Trinajstić information content (AvgIpc) is 2.83. The van der Waals surface area contributed by atoms with Crippen molar-refractivity contribution in [2.45, 2.75) is 6.10 Å². The van der Waals surface area contributed by atoms with Gasteiger partial charge in [0.15, 0.2) is 10.3 Å². The molecule has 0 saturated heterocycles. The van der Waals surface area contributed by atoms with Gasteiger partial charge < -0.3 is 10.4 Å². The monoisotopic (exact) mass is 289 g/mol. The highest BCUT2D eigenvalue weighted by molar-refractivity contribution is 7.07. The molecule has 2 aromatic rings. The quantitative estimate of drug-likeness (QED) is 0.909. The second-order valence-corrected chi connectivity index (χ2v) is 4.85. The van der Waals surface area contributed by atoms with Crippen LogP contribution in [0, 0.1) is 0 Å². The summed E-state index contributed by atoms with van der Waals surface area (Å²) < 4.78 is 0. The van der Waals surface area contributed by atoms with Crippen LogP contribution in [0.3, 0.4) is 0 Å². The molecule has 2 heterocycles. The molecule has 1 unspecified atom stereocenters. The van der Waals surface area contributed by atoms with Crippen molar-refractivity contribution >= 4 is 40.2 Å². The van der Waals surface area contributed by atoms with E-state index in [2.05, 4.69) is 15.5 Å². The Hall–Kier alpha value is -0.880. The van der Waals surface area contributed by atoms with E-state index in [-0.39, 0.29) is 10.3 Å². The van der Waals surface area contributed by atoms with Crippen molar-refractivity contribution in [2.75, 3.05) is 11.9 Å². The SMILES string of the molecule is OC(CNc1cc(Cl)nnc1Cl)c1ccsc1. The first-order valence-electron chi connectivity index (χ1n) is 4.79. The first-order chi connectivity index (χ1) is 8.16. The standard InChI is InChI=1S/C10H9Cl2N3OS/c11-9-3-7(10(12)15-14-9)13-4-8(16)6-1-2-17-5-6/h1-3,5,8,16H,4H2,(H,13,14). The predicted octanol–water partition coefficient (Wildman–Crippen LogP) is 2.99. The smallest absolute Gasteiger partial charge is 0.174 e. The molecule has 90 valence electrons. The van der Waals surface area contributed by atoms with Crippen molar-refractivity contribution in [3.63, 3.8) is 0 Å². The molecule has 7 heteroatoms. The molecule has 0 radical (unpaired) electrons. The molecule has 0 aliphatic heterocycles. The van der Waals surface area contributed by atoms with Crippen molar-refractivity contribution in [3.8, 4) is 0 Å². The lowest BCUT2D eigenvalue weighted by Crippen LogP contribution is -2.12. The molecular formula is C10H9Cl2N3OS. The number of aromatic nitrogens is 2. The van der Waals surface area contributed by atoms with E-state index in [9.17, 15) is 5.11 Å². The Kier molecular flexibility index (Phi) is 4.17. The van der Waals surface area contributed by atoms with Gasteiger partial charge in [-0.25, -0.2) is 0 Å². The third kappa shape index (κ3) is 3.29. The second kappa shape index (κ2) is 5.64. The molecule has 0 spiro atoms. The van der Waals surface area contributed by atoms with Crippen molar-refractivity contribution in [1.29, 1.82) is 0 Å². The molecule has 0 aromatic carbocycles. The van der Waals surface area contributed by atoms with Crippen LogP contribution < -0.4 is 5.32 Å². The molecule has 1 atom stereocenters. The zero-order valence-electron chi connectivity index (χ0n) is 8.60. The van der Waals surface area contributed by atoms with E-state index in [1.165, 1.54) is 11.3 Å². The van der Waals surface area contributed by atoms with Gasteiger partial charge >= 0.3 is 0 Å². The Morgan fingerprint density at radius 3 is 2.94 bits per heavy atom. The molecule has 2 rings (SSSR count). The fraction of sp³-hybridized carbons (Fsp3) is 0.200. The van der Waals surface area contributed by atoms with Gasteiger partial charge in [-0.2, -0.15) is 11.3 Å². The Morgan fingerprint density at radius 2 is 2.24 bits per heavy atom. The minimum absolute atomic E-state index is 0.229. The van der Waals surface area contributed by atoms with Crippen LogP contribution in [0.2, 0.25) is 10.3 Å². The number of nitrogens with one attached hydrogen (secondary N) is 1. The molecule has 0 fully saturated rings. The summed E-state index contributed by atoms with van der Waals surface area (Å²) in [5.41, 5.74) is 1.42. The van der Waals surface area contributed by atoms with Gasteiger partial charge in [0.25, 0.3) is 0 Å². The molecule has 2 N–H and O–H groups in total. The highest BCUT2D eigenvalue weighted by atomic mass is 35.5. The fourth-order valence-electron chi connectivity index (χ4n) is 1.27. The third-order valence-electron chi connectivity index (χ3n) is 2.13. The fourth-order valence-corrected chi connectivity index (χ4v) is 2.28. The molecule has 0 bridgehead atoms. The Bertz CT molecular complexity index is 492. The number of thiophene rings is 1. The number of aliphatic hydroxyl groups excluding tert-OH is 1. The van der Waals surface area contributed by atoms with E-state index in [4.69, 9.17) is 23.2 Å². The van der Waals surface area contributed by atoms with Gasteiger partial charge in [0.2, 0.25) is 0 Å². The maximum absolute atomic E-state index is 9.86. The number of hydrogen-bond acceptors (Lipinski definition) is 5. The van der Waals surface area contributed by atoms with Crippen LogP contribution >= 0.6 is 34.5 Å². The average molecular weight is 290 g/mol. The summed E-state index contributed by atoms with van der Waals surface area (Å²) >= 11 is 13.1. The number of rotatable bonds is 4. The Morgan fingerprint density at radius 1 is 1.41 bits per heavy atom. The summed E-state index contributed by atoms with van der Waals surface area (Å²) in [7, 11) is 0. The van der Waals surface area contributed by atoms with E-state index < -0.39 is 6.10 Å². The highest BCUT2D eigenvalue weighted by Crippen LogP contribution is 2.22. The van der Waals surface area contributed by atoms with Crippen LogP contribution in [0.25, 0.3) is 0 Å². The first kappa shape index (κ1) is 12.6. The van der Waals surface area contributed by atoms with Crippen LogP contribution in [0.15, 0.2) is 22.9 Å². The minimum atomic E-state index is -0.593. The Balaban J connectivity index is 2.00. The molecule has 2 aromatic heterocycles. The normalized spacial score (nSPS) is 12.4. The summed E-state index contributed by atoms with van der Waals surface area (Å²) in [6.45, 7) is 0.332. The van der Waals surface area contributed by atoms with Gasteiger partial charge in [-0.3, -0.25) is 0 Å². The van der Waals surface area contributed by atoms with E-state index >= 15 is 0 Å². The van der Waals surface area contributed by atoms with E-state index in [0.717, 1.165) is 5.56 Å². The molecule has 0 aliphatic rings. The minimum Gasteiger partial charge on any atom is -0.387 e. The maximum Gasteiger partial charge on any atom is 0.174 e. The van der Waals surface area contributed by atoms with Gasteiger partial charge in [0.05, 0.1) is 11.8 Å². The van der Waals surface area contributed by atoms with Crippen molar-refractivity contribution in [3.05, 3.63) is 38.8 Å². The van der Waals surface area contributed by atoms with Gasteiger partial charge in [-0.1, -0.05) is 23.2 Å². The topological polar surface area (TPSA) is 58.0 Å². The summed E-state index contributed by atoms with van der Waals surface area (Å²) in [5, 5.41) is 24.4. The zero-order chi connectivity index (χ0) is 12.3. The molecular weight excluding hydrogens is 281 g/mol. The van der Waals surface area contributed by atoms with Crippen LogP contribution in [-0.4, -0.2) is 21.8 Å². The number of nitrogens with zero attached hydrogens (tertiary/aromatic N) is 2. The molecule has 17 heavy (non-hydrogen) atoms. The van der Waals surface area contributed by atoms with Gasteiger partial charge in [0.1, 0.15) is 0 Å². The van der Waals surface area contributed by atoms with E-state index in [1.54, 1.807) is 6.07 Å². The molecule has 0 saturated carbocycles. The van der Waals surface area contributed by atoms with Crippen LogP contribution in [0.5, 0.6) is 0 Å². The van der Waals surface area contributed by atoms with Gasteiger partial charge in [-0.15, -0.1) is 10.2 Å². The van der Waals surface area contributed by atoms with Crippen molar-refractivity contribution in [2.24, 2.45) is 0 Å². The lowest BCUT2D eigenvalue weighted by atomic mass is 10.2. The lowest BCUT2D eigenvalue weighted by molar-refractivity contribution is 0.192. The third-order valence-corrected chi connectivity index (χ3v) is 3.30. The molecule has 0 amide bonds. The number of hydrogen-bond donors (Lipinski definition) is 2. The lowest BCUT2D eigenvalue weighted by Gasteiger charge is -2.12. The van der Waals surface area contributed by atoms with Crippen LogP contribution in [0.1, 0.15) is 11.7 Å².